The zero-order valence-corrected chi connectivity index (χ0v) is 12.4. The first-order chi connectivity index (χ1) is 10.1. The van der Waals surface area contributed by atoms with Crippen LogP contribution in [0.1, 0.15) is 12.8 Å². The van der Waals surface area contributed by atoms with E-state index in [1.807, 2.05) is 0 Å². The molecule has 2 saturated heterocycles. The van der Waals surface area contributed by atoms with E-state index < -0.39 is 0 Å². The van der Waals surface area contributed by atoms with Crippen molar-refractivity contribution in [1.82, 2.24) is 10.6 Å². The van der Waals surface area contributed by atoms with E-state index in [1.54, 1.807) is 29.2 Å². The van der Waals surface area contributed by atoms with Crippen LogP contribution < -0.4 is 15.5 Å². The van der Waals surface area contributed by atoms with Crippen LogP contribution in [0, 0.1) is 5.92 Å². The van der Waals surface area contributed by atoms with E-state index in [0.29, 0.717) is 11.6 Å². The molecule has 0 saturated carbocycles. The first-order valence-corrected chi connectivity index (χ1v) is 7.58. The predicted octanol–water partition coefficient (Wildman–Crippen LogP) is 1.17. The van der Waals surface area contributed by atoms with Crippen LogP contribution in [0.3, 0.4) is 0 Å². The second-order valence-corrected chi connectivity index (χ2v) is 6.02. The van der Waals surface area contributed by atoms with Gasteiger partial charge in [0.05, 0.1) is 5.92 Å². The van der Waals surface area contributed by atoms with E-state index in [1.165, 1.54) is 0 Å². The van der Waals surface area contributed by atoms with E-state index in [9.17, 15) is 9.59 Å². The molecule has 0 bridgehead atoms. The van der Waals surface area contributed by atoms with Gasteiger partial charge in [0.25, 0.3) is 0 Å². The minimum atomic E-state index is -0.270. The molecule has 2 heterocycles. The summed E-state index contributed by atoms with van der Waals surface area (Å²) in [4.78, 5) is 26.0. The van der Waals surface area contributed by atoms with Crippen molar-refractivity contribution in [2.24, 2.45) is 5.92 Å². The Hall–Kier alpha value is -1.59. The fourth-order valence-corrected chi connectivity index (χ4v) is 2.98. The number of carbonyl (C=O) groups excluding carboxylic acids is 2. The molecule has 2 N–H and O–H groups in total. The van der Waals surface area contributed by atoms with Gasteiger partial charge in [-0.05, 0) is 37.2 Å². The van der Waals surface area contributed by atoms with Crippen molar-refractivity contribution in [3.05, 3.63) is 29.3 Å². The third kappa shape index (κ3) is 3.19. The molecule has 2 atom stereocenters. The summed E-state index contributed by atoms with van der Waals surface area (Å²) < 4.78 is 0. The Kier molecular flexibility index (Phi) is 4.12. The number of anilines is 1. The zero-order chi connectivity index (χ0) is 14.8. The van der Waals surface area contributed by atoms with E-state index in [2.05, 4.69) is 10.6 Å². The molecule has 3 rings (SSSR count). The number of nitrogens with zero attached hydrogens (tertiary/aromatic N) is 1. The molecule has 112 valence electrons. The van der Waals surface area contributed by atoms with Gasteiger partial charge < -0.3 is 15.5 Å². The van der Waals surface area contributed by atoms with Gasteiger partial charge in [0.15, 0.2) is 0 Å². The highest BCUT2D eigenvalue weighted by atomic mass is 35.5. The van der Waals surface area contributed by atoms with Gasteiger partial charge in [0.1, 0.15) is 0 Å². The van der Waals surface area contributed by atoms with Crippen LogP contribution in [-0.2, 0) is 9.59 Å². The number of halogens is 1. The number of amides is 2. The minimum absolute atomic E-state index is 0.0120. The van der Waals surface area contributed by atoms with Gasteiger partial charge in [-0.25, -0.2) is 0 Å². The first kappa shape index (κ1) is 14.4. The number of carbonyl (C=O) groups is 2. The van der Waals surface area contributed by atoms with Crippen LogP contribution >= 0.6 is 11.6 Å². The zero-order valence-electron chi connectivity index (χ0n) is 11.6. The fraction of sp³-hybridized carbons (Fsp3) is 0.467. The van der Waals surface area contributed by atoms with E-state index in [0.717, 1.165) is 25.2 Å². The van der Waals surface area contributed by atoms with E-state index >= 15 is 0 Å². The van der Waals surface area contributed by atoms with Crippen molar-refractivity contribution in [2.45, 2.75) is 18.9 Å². The lowest BCUT2D eigenvalue weighted by molar-refractivity contribution is -0.126. The average Bonchev–Trinajstić information content (AvgIpc) is 3.09. The molecule has 2 unspecified atom stereocenters. The molecule has 0 aliphatic carbocycles. The second-order valence-electron chi connectivity index (χ2n) is 5.58. The van der Waals surface area contributed by atoms with Crippen LogP contribution in [0.15, 0.2) is 24.3 Å². The topological polar surface area (TPSA) is 61.4 Å². The molecule has 1 aromatic rings. The standard InChI is InChI=1S/C15H18ClN3O2/c16-11-1-3-13(4-2-11)19-9-10(7-14(19)20)15(21)18-12-5-6-17-8-12/h1-4,10,12,17H,5-9H2,(H,18,21). The van der Waals surface area contributed by atoms with Gasteiger partial charge in [-0.2, -0.15) is 0 Å². The number of hydrogen-bond donors (Lipinski definition) is 2. The van der Waals surface area contributed by atoms with Crippen molar-refractivity contribution in [3.8, 4) is 0 Å². The molecule has 0 aromatic heterocycles. The Bertz CT molecular complexity index is 540. The largest absolute Gasteiger partial charge is 0.352 e. The summed E-state index contributed by atoms with van der Waals surface area (Å²) in [5, 5.41) is 6.87. The fourth-order valence-electron chi connectivity index (χ4n) is 2.85. The maximum Gasteiger partial charge on any atom is 0.227 e. The molecule has 0 radical (unpaired) electrons. The lowest BCUT2D eigenvalue weighted by Gasteiger charge is -2.18. The Morgan fingerprint density at radius 3 is 2.76 bits per heavy atom. The van der Waals surface area contributed by atoms with E-state index in [4.69, 9.17) is 11.6 Å². The highest BCUT2D eigenvalue weighted by Crippen LogP contribution is 2.26. The molecular weight excluding hydrogens is 290 g/mol. The van der Waals surface area contributed by atoms with Crippen LogP contribution in [0.5, 0.6) is 0 Å². The van der Waals surface area contributed by atoms with Gasteiger partial charge in [0.2, 0.25) is 11.8 Å². The monoisotopic (exact) mass is 307 g/mol. The summed E-state index contributed by atoms with van der Waals surface area (Å²) in [6, 6.07) is 7.31. The molecule has 2 aliphatic rings. The summed E-state index contributed by atoms with van der Waals surface area (Å²) in [5.41, 5.74) is 0.794. The number of benzene rings is 1. The molecule has 1 aromatic carbocycles. The number of hydrogen-bond acceptors (Lipinski definition) is 3. The summed E-state index contributed by atoms with van der Waals surface area (Å²) in [5.74, 6) is -0.302. The predicted molar refractivity (Wildman–Crippen MR) is 81.3 cm³/mol. The number of nitrogens with one attached hydrogen (secondary N) is 2. The maximum absolute atomic E-state index is 12.2. The molecule has 6 heteroatoms. The first-order valence-electron chi connectivity index (χ1n) is 7.20. The summed E-state index contributed by atoms with van der Waals surface area (Å²) in [6.07, 6.45) is 1.22. The molecule has 21 heavy (non-hydrogen) atoms. The number of rotatable bonds is 3. The van der Waals surface area contributed by atoms with Gasteiger partial charge in [-0.15, -0.1) is 0 Å². The molecule has 0 spiro atoms. The smallest absolute Gasteiger partial charge is 0.227 e. The van der Waals surface area contributed by atoms with Crippen LogP contribution in [0.4, 0.5) is 5.69 Å². The van der Waals surface area contributed by atoms with Gasteiger partial charge >= 0.3 is 0 Å². The Morgan fingerprint density at radius 1 is 1.33 bits per heavy atom. The van der Waals surface area contributed by atoms with Crippen molar-refractivity contribution in [2.75, 3.05) is 24.5 Å². The van der Waals surface area contributed by atoms with Crippen molar-refractivity contribution >= 4 is 29.1 Å². The Morgan fingerprint density at radius 2 is 2.10 bits per heavy atom. The van der Waals surface area contributed by atoms with Crippen LogP contribution in [0.2, 0.25) is 5.02 Å². The van der Waals surface area contributed by atoms with Crippen LogP contribution in [0.25, 0.3) is 0 Å². The van der Waals surface area contributed by atoms with Crippen molar-refractivity contribution < 1.29 is 9.59 Å². The normalized spacial score (nSPS) is 25.4. The molecule has 2 aliphatic heterocycles. The highest BCUT2D eigenvalue weighted by Gasteiger charge is 2.35. The lowest BCUT2D eigenvalue weighted by Crippen LogP contribution is -2.40. The van der Waals surface area contributed by atoms with E-state index in [-0.39, 0.29) is 30.2 Å². The molecule has 2 amide bonds. The second kappa shape index (κ2) is 6.03. The minimum Gasteiger partial charge on any atom is -0.352 e. The van der Waals surface area contributed by atoms with Gasteiger partial charge in [0, 0.05) is 36.3 Å². The maximum atomic E-state index is 12.2. The summed E-state index contributed by atoms with van der Waals surface area (Å²) in [6.45, 7) is 2.19. The third-order valence-corrected chi connectivity index (χ3v) is 4.29. The van der Waals surface area contributed by atoms with Gasteiger partial charge in [-0.3, -0.25) is 9.59 Å². The van der Waals surface area contributed by atoms with Gasteiger partial charge in [-0.1, -0.05) is 11.6 Å². The average molecular weight is 308 g/mol. The third-order valence-electron chi connectivity index (χ3n) is 4.04. The van der Waals surface area contributed by atoms with Crippen molar-refractivity contribution in [3.63, 3.8) is 0 Å². The molecule has 2 fully saturated rings. The molecule has 5 nitrogen and oxygen atoms in total. The molecular formula is C15H18ClN3O2. The lowest BCUT2D eigenvalue weighted by atomic mass is 10.1. The summed E-state index contributed by atoms with van der Waals surface area (Å²) in [7, 11) is 0. The Balaban J connectivity index is 1.63. The van der Waals surface area contributed by atoms with Crippen LogP contribution in [-0.4, -0.2) is 37.5 Å². The summed E-state index contributed by atoms with van der Waals surface area (Å²) >= 11 is 5.86. The SMILES string of the molecule is O=C(NC1CCNC1)C1CC(=O)N(c2ccc(Cl)cc2)C1. The quantitative estimate of drug-likeness (QED) is 0.881. The Labute approximate surface area is 128 Å². The highest BCUT2D eigenvalue weighted by molar-refractivity contribution is 6.30. The van der Waals surface area contributed by atoms with Crippen molar-refractivity contribution in [1.29, 1.82) is 0 Å².